The summed E-state index contributed by atoms with van der Waals surface area (Å²) in [5.41, 5.74) is 6.26. The van der Waals surface area contributed by atoms with E-state index in [1.165, 1.54) is 18.6 Å². The molecule has 1 atom stereocenters. The lowest BCUT2D eigenvalue weighted by atomic mass is 10.2. The van der Waals surface area contributed by atoms with Crippen LogP contribution in [0.25, 0.3) is 0 Å². The number of hydrogen-bond donors (Lipinski definition) is 2. The van der Waals surface area contributed by atoms with Crippen molar-refractivity contribution in [2.45, 2.75) is 18.1 Å². The van der Waals surface area contributed by atoms with Crippen molar-refractivity contribution < 1.29 is 9.53 Å². The molecule has 3 N–H and O–H groups in total. The fourth-order valence-corrected chi connectivity index (χ4v) is 3.39. The van der Waals surface area contributed by atoms with Crippen LogP contribution in [0, 0.1) is 0 Å². The van der Waals surface area contributed by atoms with Crippen LogP contribution in [0.3, 0.4) is 0 Å². The Morgan fingerprint density at radius 1 is 1.50 bits per heavy atom. The van der Waals surface area contributed by atoms with Crippen molar-refractivity contribution in [3.63, 3.8) is 0 Å². The second-order valence-corrected chi connectivity index (χ2v) is 6.44. The summed E-state index contributed by atoms with van der Waals surface area (Å²) in [5.74, 6) is 1.62. The second kappa shape index (κ2) is 7.50. The van der Waals surface area contributed by atoms with E-state index < -0.39 is 0 Å². The minimum atomic E-state index is -0.116. The summed E-state index contributed by atoms with van der Waals surface area (Å²) < 4.78 is 5.49. The highest BCUT2D eigenvalue weighted by Gasteiger charge is 2.16. The zero-order valence-electron chi connectivity index (χ0n) is 11.1. The average Bonchev–Trinajstić information content (AvgIpc) is 2.96. The lowest BCUT2D eigenvalue weighted by molar-refractivity contribution is -0.123. The van der Waals surface area contributed by atoms with E-state index in [9.17, 15) is 4.79 Å². The van der Waals surface area contributed by atoms with Crippen molar-refractivity contribution in [1.82, 2.24) is 5.32 Å². The predicted octanol–water partition coefficient (Wildman–Crippen LogP) is 1.71. The summed E-state index contributed by atoms with van der Waals surface area (Å²) in [6, 6.07) is 7.20. The number of rotatable bonds is 6. The van der Waals surface area contributed by atoms with Crippen LogP contribution >= 0.6 is 24.0 Å². The van der Waals surface area contributed by atoms with Gasteiger partial charge < -0.3 is 15.8 Å². The van der Waals surface area contributed by atoms with Crippen LogP contribution in [-0.4, -0.2) is 35.1 Å². The molecule has 0 aliphatic carbocycles. The molecule has 2 rings (SSSR count). The Kier molecular flexibility index (Phi) is 5.67. The van der Waals surface area contributed by atoms with Gasteiger partial charge in [0.2, 0.25) is 0 Å². The van der Waals surface area contributed by atoms with Gasteiger partial charge in [-0.25, -0.2) is 0 Å². The van der Waals surface area contributed by atoms with Gasteiger partial charge in [0, 0.05) is 11.8 Å². The Morgan fingerprint density at radius 2 is 2.30 bits per heavy atom. The molecule has 1 aliphatic heterocycles. The third-order valence-electron chi connectivity index (χ3n) is 3.06. The molecule has 108 valence electrons. The molecule has 1 aromatic rings. The molecule has 0 saturated carbocycles. The van der Waals surface area contributed by atoms with Crippen LogP contribution in [0.1, 0.15) is 18.4 Å². The number of nitrogens with one attached hydrogen (secondary N) is 1. The molecule has 1 aromatic carbocycles. The van der Waals surface area contributed by atoms with Crippen molar-refractivity contribution in [2.24, 2.45) is 5.73 Å². The highest BCUT2D eigenvalue weighted by molar-refractivity contribution is 8.00. The fraction of sp³-hybridized carbons (Fsp3) is 0.429. The fourth-order valence-electron chi connectivity index (χ4n) is 2.02. The molecule has 1 saturated heterocycles. The summed E-state index contributed by atoms with van der Waals surface area (Å²) >= 11 is 6.86. The van der Waals surface area contributed by atoms with Gasteiger partial charge in [-0.2, -0.15) is 11.8 Å². The van der Waals surface area contributed by atoms with Crippen LogP contribution in [0.2, 0.25) is 0 Å². The lowest BCUT2D eigenvalue weighted by Crippen LogP contribution is -2.33. The van der Waals surface area contributed by atoms with Crippen molar-refractivity contribution in [3.8, 4) is 5.75 Å². The molecule has 1 unspecified atom stereocenters. The molecule has 1 fully saturated rings. The standard InChI is InChI=1S/C14H18N2O2S2/c15-14(19)11-5-1-2-6-12(11)18-9-13(17)16-8-10-4-3-7-20-10/h1-2,5-6,10H,3-4,7-9H2,(H2,15,19)(H,16,17). The average molecular weight is 310 g/mol. The highest BCUT2D eigenvalue weighted by Crippen LogP contribution is 2.25. The third-order valence-corrected chi connectivity index (χ3v) is 4.68. The van der Waals surface area contributed by atoms with Gasteiger partial charge in [-0.3, -0.25) is 4.79 Å². The van der Waals surface area contributed by atoms with Gasteiger partial charge in [0.1, 0.15) is 10.7 Å². The number of hydrogen-bond acceptors (Lipinski definition) is 4. The SMILES string of the molecule is NC(=S)c1ccccc1OCC(=O)NCC1CCCS1. The Bertz CT molecular complexity index is 488. The molecule has 1 amide bonds. The molecule has 4 nitrogen and oxygen atoms in total. The summed E-state index contributed by atoms with van der Waals surface area (Å²) in [7, 11) is 0. The van der Waals surface area contributed by atoms with Gasteiger partial charge in [0.25, 0.3) is 5.91 Å². The van der Waals surface area contributed by atoms with E-state index in [4.69, 9.17) is 22.7 Å². The molecular weight excluding hydrogens is 292 g/mol. The number of carbonyl (C=O) groups excluding carboxylic acids is 1. The number of thiocarbonyl (C=S) groups is 1. The molecule has 0 aromatic heterocycles. The monoisotopic (exact) mass is 310 g/mol. The molecular formula is C14H18N2O2S2. The largest absolute Gasteiger partial charge is 0.483 e. The summed E-state index contributed by atoms with van der Waals surface area (Å²) in [6.45, 7) is 0.695. The Hall–Kier alpha value is -1.27. The summed E-state index contributed by atoms with van der Waals surface area (Å²) in [4.78, 5) is 12.0. The molecule has 0 radical (unpaired) electrons. The van der Waals surface area contributed by atoms with E-state index in [1.54, 1.807) is 12.1 Å². The first-order valence-corrected chi connectivity index (χ1v) is 8.02. The topological polar surface area (TPSA) is 64.3 Å². The maximum Gasteiger partial charge on any atom is 0.257 e. The predicted molar refractivity (Wildman–Crippen MR) is 86.3 cm³/mol. The first kappa shape index (κ1) is 15.1. The smallest absolute Gasteiger partial charge is 0.257 e. The van der Waals surface area contributed by atoms with Gasteiger partial charge in [-0.15, -0.1) is 0 Å². The summed E-state index contributed by atoms with van der Waals surface area (Å²) in [5, 5.41) is 3.44. The Labute approximate surface area is 128 Å². The highest BCUT2D eigenvalue weighted by atomic mass is 32.2. The van der Waals surface area contributed by atoms with E-state index in [0.29, 0.717) is 23.1 Å². The molecule has 0 spiro atoms. The third kappa shape index (κ3) is 4.38. The molecule has 20 heavy (non-hydrogen) atoms. The van der Waals surface area contributed by atoms with E-state index in [2.05, 4.69) is 5.32 Å². The minimum Gasteiger partial charge on any atom is -0.483 e. The maximum absolute atomic E-state index is 11.7. The molecule has 6 heteroatoms. The van der Waals surface area contributed by atoms with Crippen LogP contribution in [0.5, 0.6) is 5.75 Å². The molecule has 1 aliphatic rings. The number of benzene rings is 1. The van der Waals surface area contributed by atoms with Gasteiger partial charge in [0.05, 0.1) is 5.56 Å². The van der Waals surface area contributed by atoms with Gasteiger partial charge >= 0.3 is 0 Å². The van der Waals surface area contributed by atoms with E-state index in [0.717, 1.165) is 0 Å². The Morgan fingerprint density at radius 3 is 3.00 bits per heavy atom. The first-order valence-electron chi connectivity index (χ1n) is 6.57. The maximum atomic E-state index is 11.7. The molecule has 0 bridgehead atoms. The van der Waals surface area contributed by atoms with Crippen molar-refractivity contribution in [1.29, 1.82) is 0 Å². The number of para-hydroxylation sites is 1. The number of carbonyl (C=O) groups is 1. The lowest BCUT2D eigenvalue weighted by Gasteiger charge is -2.12. The van der Waals surface area contributed by atoms with E-state index >= 15 is 0 Å². The van der Waals surface area contributed by atoms with Gasteiger partial charge in [-0.05, 0) is 30.7 Å². The Balaban J connectivity index is 1.79. The minimum absolute atomic E-state index is 0.0169. The van der Waals surface area contributed by atoms with Crippen molar-refractivity contribution >= 4 is 34.9 Å². The van der Waals surface area contributed by atoms with Crippen molar-refractivity contribution in [2.75, 3.05) is 18.9 Å². The van der Waals surface area contributed by atoms with Crippen LogP contribution in [-0.2, 0) is 4.79 Å². The number of amides is 1. The zero-order valence-corrected chi connectivity index (χ0v) is 12.8. The van der Waals surface area contributed by atoms with Crippen LogP contribution in [0.4, 0.5) is 0 Å². The van der Waals surface area contributed by atoms with E-state index in [-0.39, 0.29) is 17.5 Å². The second-order valence-electron chi connectivity index (χ2n) is 4.59. The summed E-state index contributed by atoms with van der Waals surface area (Å²) in [6.07, 6.45) is 2.42. The van der Waals surface area contributed by atoms with E-state index in [1.807, 2.05) is 23.9 Å². The molecule has 1 heterocycles. The van der Waals surface area contributed by atoms with Crippen LogP contribution in [0.15, 0.2) is 24.3 Å². The number of thioether (sulfide) groups is 1. The first-order chi connectivity index (χ1) is 9.66. The van der Waals surface area contributed by atoms with Gasteiger partial charge in [0.15, 0.2) is 6.61 Å². The normalized spacial score (nSPS) is 17.7. The number of ether oxygens (including phenoxy) is 1. The zero-order chi connectivity index (χ0) is 14.4. The number of nitrogens with two attached hydrogens (primary N) is 1. The quantitative estimate of drug-likeness (QED) is 0.783. The van der Waals surface area contributed by atoms with Gasteiger partial charge in [-0.1, -0.05) is 24.4 Å². The van der Waals surface area contributed by atoms with Crippen molar-refractivity contribution in [3.05, 3.63) is 29.8 Å². The van der Waals surface area contributed by atoms with Crippen LogP contribution < -0.4 is 15.8 Å².